The molecule has 0 bridgehead atoms. The molecule has 20 heavy (non-hydrogen) atoms. The molecule has 0 aliphatic carbocycles. The Morgan fingerprint density at radius 3 is 2.40 bits per heavy atom. The van der Waals surface area contributed by atoms with Gasteiger partial charge in [0.1, 0.15) is 5.75 Å². The molecule has 0 aliphatic rings. The topological polar surface area (TPSA) is 29.5 Å². The predicted molar refractivity (Wildman–Crippen MR) is 62.8 cm³/mol. The first-order valence-corrected chi connectivity index (χ1v) is 6.02. The Hall–Kier alpha value is -1.37. The van der Waals surface area contributed by atoms with E-state index in [9.17, 15) is 27.1 Å². The highest BCUT2D eigenvalue weighted by Crippen LogP contribution is 2.41. The van der Waals surface area contributed by atoms with E-state index in [2.05, 4.69) is 0 Å². The van der Waals surface area contributed by atoms with Crippen LogP contribution in [0.15, 0.2) is 24.3 Å². The number of aliphatic hydroxyl groups is 1. The molecule has 2 nitrogen and oxygen atoms in total. The van der Waals surface area contributed by atoms with Crippen molar-refractivity contribution in [3.8, 4) is 5.75 Å². The average molecular weight is 298 g/mol. The maximum Gasteiger partial charge on any atom is 0.453 e. The second kappa shape index (κ2) is 6.39. The summed E-state index contributed by atoms with van der Waals surface area (Å²) in [6, 6.07) is 5.49. The number of benzene rings is 1. The molecule has 1 rings (SSSR count). The predicted octanol–water partition coefficient (Wildman–Crippen LogP) is 4.10. The van der Waals surface area contributed by atoms with Gasteiger partial charge in [0.05, 0.1) is 19.1 Å². The summed E-state index contributed by atoms with van der Waals surface area (Å²) in [7, 11) is 0. The summed E-state index contributed by atoms with van der Waals surface area (Å²) in [6.45, 7) is 2.25. The van der Waals surface area contributed by atoms with Crippen molar-refractivity contribution in [3.05, 3.63) is 29.8 Å². The fourth-order valence-electron chi connectivity index (χ4n) is 1.51. The van der Waals surface area contributed by atoms with Gasteiger partial charge in [-0.3, -0.25) is 0 Å². The minimum atomic E-state index is -5.68. The monoisotopic (exact) mass is 298 g/mol. The number of ether oxygens (including phenoxy) is 1. The fourth-order valence-corrected chi connectivity index (χ4v) is 1.51. The van der Waals surface area contributed by atoms with Crippen molar-refractivity contribution < 1.29 is 31.8 Å². The molecule has 1 unspecified atom stereocenters. The van der Waals surface area contributed by atoms with Gasteiger partial charge in [0, 0.05) is 0 Å². The zero-order valence-electron chi connectivity index (χ0n) is 10.8. The molecule has 0 aliphatic heterocycles. The van der Waals surface area contributed by atoms with Crippen molar-refractivity contribution in [3.63, 3.8) is 0 Å². The van der Waals surface area contributed by atoms with Crippen molar-refractivity contribution in [1.82, 2.24) is 0 Å². The summed E-state index contributed by atoms with van der Waals surface area (Å²) in [5.41, 5.74) is -0.0393. The minimum Gasteiger partial charge on any atom is -0.494 e. The van der Waals surface area contributed by atoms with E-state index in [0.717, 1.165) is 6.42 Å². The number of halogens is 5. The van der Waals surface area contributed by atoms with Crippen LogP contribution in [0.4, 0.5) is 22.0 Å². The Morgan fingerprint density at radius 1 is 1.20 bits per heavy atom. The van der Waals surface area contributed by atoms with Crippen molar-refractivity contribution in [2.45, 2.75) is 38.0 Å². The van der Waals surface area contributed by atoms with Crippen LogP contribution >= 0.6 is 0 Å². The number of hydrogen-bond donors (Lipinski definition) is 1. The van der Waals surface area contributed by atoms with E-state index in [1.54, 1.807) is 0 Å². The summed E-state index contributed by atoms with van der Waals surface area (Å²) >= 11 is 0. The maximum absolute atomic E-state index is 12.9. The first-order valence-electron chi connectivity index (χ1n) is 6.02. The van der Waals surface area contributed by atoms with Crippen molar-refractivity contribution in [2.24, 2.45) is 0 Å². The zero-order valence-corrected chi connectivity index (χ0v) is 10.8. The Balaban J connectivity index is 2.79. The van der Waals surface area contributed by atoms with Crippen LogP contribution in [0.3, 0.4) is 0 Å². The molecule has 0 heterocycles. The Kier molecular flexibility index (Phi) is 5.33. The lowest BCUT2D eigenvalue weighted by atomic mass is 10.0. The maximum atomic E-state index is 12.9. The van der Waals surface area contributed by atoms with Gasteiger partial charge in [-0.15, -0.1) is 0 Å². The van der Waals surface area contributed by atoms with Crippen LogP contribution in [0.25, 0.3) is 0 Å². The van der Waals surface area contributed by atoms with Crippen LogP contribution in [0.5, 0.6) is 5.75 Å². The number of aliphatic hydroxyl groups excluding tert-OH is 1. The van der Waals surface area contributed by atoms with Crippen LogP contribution in [-0.4, -0.2) is 23.8 Å². The van der Waals surface area contributed by atoms with Gasteiger partial charge >= 0.3 is 12.1 Å². The van der Waals surface area contributed by atoms with Crippen LogP contribution in [0.2, 0.25) is 0 Å². The lowest BCUT2D eigenvalue weighted by Crippen LogP contribution is -2.37. The molecule has 1 aromatic rings. The number of rotatable bonds is 6. The summed E-state index contributed by atoms with van der Waals surface area (Å²) in [5, 5.41) is 9.53. The van der Waals surface area contributed by atoms with Crippen LogP contribution in [-0.2, 0) is 0 Å². The lowest BCUT2D eigenvalue weighted by Gasteiger charge is -2.22. The van der Waals surface area contributed by atoms with E-state index in [4.69, 9.17) is 4.74 Å². The average Bonchev–Trinajstić information content (AvgIpc) is 2.35. The SMILES string of the molecule is CCCOc1cccc(C(O)CC(F)(F)C(F)(F)F)c1. The normalized spacial score (nSPS) is 14.2. The molecule has 0 fully saturated rings. The molecule has 0 saturated carbocycles. The number of hydrogen-bond acceptors (Lipinski definition) is 2. The Morgan fingerprint density at radius 2 is 1.85 bits per heavy atom. The second-order valence-electron chi connectivity index (χ2n) is 4.34. The molecule has 0 aromatic heterocycles. The smallest absolute Gasteiger partial charge is 0.453 e. The van der Waals surface area contributed by atoms with Crippen molar-refractivity contribution in [2.75, 3.05) is 6.61 Å². The quantitative estimate of drug-likeness (QED) is 0.801. The van der Waals surface area contributed by atoms with Gasteiger partial charge in [0.15, 0.2) is 0 Å². The standard InChI is InChI=1S/C13H15F5O2/c1-2-6-20-10-5-3-4-9(7-10)11(19)8-12(14,15)13(16,17)18/h3-5,7,11,19H,2,6,8H2,1H3. The second-order valence-corrected chi connectivity index (χ2v) is 4.34. The number of alkyl halides is 5. The van der Waals surface area contributed by atoms with Gasteiger partial charge in [-0.05, 0) is 24.1 Å². The van der Waals surface area contributed by atoms with E-state index in [1.807, 2.05) is 6.92 Å². The van der Waals surface area contributed by atoms with E-state index in [0.29, 0.717) is 12.4 Å². The van der Waals surface area contributed by atoms with Crippen LogP contribution in [0.1, 0.15) is 31.4 Å². The highest BCUT2D eigenvalue weighted by Gasteiger charge is 2.58. The highest BCUT2D eigenvalue weighted by molar-refractivity contribution is 5.30. The van der Waals surface area contributed by atoms with Gasteiger partial charge in [-0.1, -0.05) is 19.1 Å². The van der Waals surface area contributed by atoms with Gasteiger partial charge in [-0.25, -0.2) is 0 Å². The third-order valence-electron chi connectivity index (χ3n) is 2.58. The highest BCUT2D eigenvalue weighted by atomic mass is 19.4. The van der Waals surface area contributed by atoms with E-state index < -0.39 is 24.6 Å². The van der Waals surface area contributed by atoms with Gasteiger partial charge in [-0.2, -0.15) is 22.0 Å². The molecule has 1 atom stereocenters. The minimum absolute atomic E-state index is 0.0393. The van der Waals surface area contributed by atoms with E-state index in [1.165, 1.54) is 24.3 Å². The molecular weight excluding hydrogens is 283 g/mol. The molecule has 0 amide bonds. The lowest BCUT2D eigenvalue weighted by molar-refractivity contribution is -0.290. The van der Waals surface area contributed by atoms with Crippen LogP contribution in [0, 0.1) is 0 Å². The molecule has 0 spiro atoms. The first kappa shape index (κ1) is 16.7. The largest absolute Gasteiger partial charge is 0.494 e. The molecular formula is C13H15F5O2. The summed E-state index contributed by atoms with van der Waals surface area (Å²) in [5.74, 6) is -4.62. The Labute approximate surface area is 113 Å². The van der Waals surface area contributed by atoms with Crippen molar-refractivity contribution >= 4 is 0 Å². The molecule has 1 aromatic carbocycles. The molecule has 114 valence electrons. The zero-order chi connectivity index (χ0) is 15.4. The third-order valence-corrected chi connectivity index (χ3v) is 2.58. The van der Waals surface area contributed by atoms with Crippen molar-refractivity contribution in [1.29, 1.82) is 0 Å². The molecule has 1 N–H and O–H groups in total. The molecule has 7 heteroatoms. The van der Waals surface area contributed by atoms with Gasteiger partial charge < -0.3 is 9.84 Å². The van der Waals surface area contributed by atoms with Crippen LogP contribution < -0.4 is 4.74 Å². The summed E-state index contributed by atoms with van der Waals surface area (Å²) in [4.78, 5) is 0. The van der Waals surface area contributed by atoms with Gasteiger partial charge in [0.2, 0.25) is 0 Å². The van der Waals surface area contributed by atoms with E-state index in [-0.39, 0.29) is 5.56 Å². The summed E-state index contributed by atoms with van der Waals surface area (Å²) < 4.78 is 67.1. The summed E-state index contributed by atoms with van der Waals surface area (Å²) in [6.07, 6.45) is -8.59. The Bertz CT molecular complexity index is 431. The molecule has 0 radical (unpaired) electrons. The third kappa shape index (κ3) is 4.33. The van der Waals surface area contributed by atoms with Gasteiger partial charge in [0.25, 0.3) is 0 Å². The fraction of sp³-hybridized carbons (Fsp3) is 0.538. The first-order chi connectivity index (χ1) is 9.17. The molecule has 0 saturated heterocycles. The van der Waals surface area contributed by atoms with E-state index >= 15 is 0 Å².